The lowest BCUT2D eigenvalue weighted by Crippen LogP contribution is -2.32. The van der Waals surface area contributed by atoms with Crippen LogP contribution < -0.4 is 0 Å². The molecule has 0 spiro atoms. The Balaban J connectivity index is 1.75. The van der Waals surface area contributed by atoms with E-state index in [1.807, 2.05) is 41.3 Å². The number of rotatable bonds is 11. The highest BCUT2D eigenvalue weighted by Gasteiger charge is 2.28. The van der Waals surface area contributed by atoms with Crippen molar-refractivity contribution in [3.8, 4) is 0 Å². The van der Waals surface area contributed by atoms with E-state index < -0.39 is 5.97 Å². The van der Waals surface area contributed by atoms with Crippen LogP contribution in [0.4, 0.5) is 0 Å². The van der Waals surface area contributed by atoms with Crippen molar-refractivity contribution in [1.82, 2.24) is 4.90 Å². The minimum Gasteiger partial charge on any atom is -0.481 e. The average Bonchev–Trinajstić information content (AvgIpc) is 2.97. The van der Waals surface area contributed by atoms with Crippen LogP contribution in [0.15, 0.2) is 42.5 Å². The maximum absolute atomic E-state index is 12.1. The molecule has 5 heteroatoms. The molecule has 0 saturated carbocycles. The van der Waals surface area contributed by atoms with Gasteiger partial charge in [-0.3, -0.25) is 14.4 Å². The number of hydrogen-bond donors (Lipinski definition) is 1. The molecule has 0 aliphatic carbocycles. The van der Waals surface area contributed by atoms with Gasteiger partial charge in [-0.25, -0.2) is 0 Å². The highest BCUT2D eigenvalue weighted by atomic mass is 16.4. The van der Waals surface area contributed by atoms with Gasteiger partial charge in [0, 0.05) is 25.8 Å². The third kappa shape index (κ3) is 6.82. The first-order chi connectivity index (χ1) is 12.6. The number of likely N-dealkylation sites (tertiary alicyclic amines) is 1. The van der Waals surface area contributed by atoms with Gasteiger partial charge in [0.1, 0.15) is 0 Å². The van der Waals surface area contributed by atoms with Gasteiger partial charge in [0.25, 0.3) is 0 Å². The zero-order valence-electron chi connectivity index (χ0n) is 15.1. The van der Waals surface area contributed by atoms with Gasteiger partial charge < -0.3 is 10.0 Å². The fourth-order valence-corrected chi connectivity index (χ4v) is 3.23. The average molecular weight is 357 g/mol. The van der Waals surface area contributed by atoms with Crippen molar-refractivity contribution in [2.75, 3.05) is 6.54 Å². The van der Waals surface area contributed by atoms with Gasteiger partial charge in [-0.1, -0.05) is 49.2 Å². The minimum atomic E-state index is -0.759. The Bertz CT molecular complexity index is 639. The van der Waals surface area contributed by atoms with Crippen LogP contribution in [0, 0.1) is 0 Å². The highest BCUT2D eigenvalue weighted by Crippen LogP contribution is 2.21. The summed E-state index contributed by atoms with van der Waals surface area (Å²) in [4.78, 5) is 36.5. The molecule has 1 aromatic rings. The van der Waals surface area contributed by atoms with E-state index in [1.165, 1.54) is 0 Å². The summed E-state index contributed by atoms with van der Waals surface area (Å²) < 4.78 is 0. The van der Waals surface area contributed by atoms with Gasteiger partial charge >= 0.3 is 5.97 Å². The van der Waals surface area contributed by atoms with E-state index in [1.54, 1.807) is 6.08 Å². The van der Waals surface area contributed by atoms with Crippen LogP contribution in [0.3, 0.4) is 0 Å². The molecule has 1 atom stereocenters. The Morgan fingerprint density at radius 2 is 1.85 bits per heavy atom. The van der Waals surface area contributed by atoms with Crippen LogP contribution >= 0.6 is 0 Å². The number of nitrogens with zero attached hydrogens (tertiary/aromatic N) is 1. The summed E-state index contributed by atoms with van der Waals surface area (Å²) in [6.45, 7) is 0.674. The lowest BCUT2D eigenvalue weighted by atomic mass is 10.1. The van der Waals surface area contributed by atoms with E-state index in [0.29, 0.717) is 25.8 Å². The maximum atomic E-state index is 12.1. The number of aliphatic carboxylic acids is 1. The predicted octanol–water partition coefficient (Wildman–Crippen LogP) is 3.38. The van der Waals surface area contributed by atoms with Crippen molar-refractivity contribution in [2.45, 2.75) is 57.4 Å². The van der Waals surface area contributed by atoms with E-state index in [9.17, 15) is 14.4 Å². The summed E-state index contributed by atoms with van der Waals surface area (Å²) in [6.07, 6.45) is 8.67. The number of carbonyl (C=O) groups is 3. The normalized spacial score (nSPS) is 17.2. The fraction of sp³-hybridized carbons (Fsp3) is 0.476. The van der Waals surface area contributed by atoms with Crippen LogP contribution in [0.1, 0.15) is 50.5 Å². The van der Waals surface area contributed by atoms with Crippen LogP contribution in [-0.4, -0.2) is 40.3 Å². The molecule has 1 aliphatic heterocycles. The van der Waals surface area contributed by atoms with E-state index in [0.717, 1.165) is 31.2 Å². The van der Waals surface area contributed by atoms with Crippen LogP contribution in [0.2, 0.25) is 0 Å². The van der Waals surface area contributed by atoms with Gasteiger partial charge in [-0.15, -0.1) is 0 Å². The zero-order valence-corrected chi connectivity index (χ0v) is 15.1. The largest absolute Gasteiger partial charge is 0.481 e. The fourth-order valence-electron chi connectivity index (χ4n) is 3.23. The molecule has 5 nitrogen and oxygen atoms in total. The Kier molecular flexibility index (Phi) is 8.06. The molecular formula is C21H27NO4. The molecule has 1 aromatic carbocycles. The third-order valence-corrected chi connectivity index (χ3v) is 4.64. The maximum Gasteiger partial charge on any atom is 0.303 e. The van der Waals surface area contributed by atoms with Crippen molar-refractivity contribution in [1.29, 1.82) is 0 Å². The smallest absolute Gasteiger partial charge is 0.303 e. The number of benzene rings is 1. The lowest BCUT2D eigenvalue weighted by Gasteiger charge is -2.22. The zero-order chi connectivity index (χ0) is 18.8. The number of carboxylic acids is 1. The van der Waals surface area contributed by atoms with Gasteiger partial charge in [0.2, 0.25) is 5.91 Å². The molecule has 1 fully saturated rings. The number of amides is 1. The summed E-state index contributed by atoms with van der Waals surface area (Å²) in [5.74, 6) is -0.574. The first kappa shape index (κ1) is 19.9. The molecule has 1 N–H and O–H groups in total. The van der Waals surface area contributed by atoms with E-state index in [-0.39, 0.29) is 24.2 Å². The number of carboxylic acid groups (broad SMARTS) is 1. The molecular weight excluding hydrogens is 330 g/mol. The van der Waals surface area contributed by atoms with Crippen molar-refractivity contribution in [2.24, 2.45) is 0 Å². The summed E-state index contributed by atoms with van der Waals surface area (Å²) in [5, 5.41) is 8.62. The molecule has 140 valence electrons. The molecule has 1 heterocycles. The number of hydrogen-bond acceptors (Lipinski definition) is 3. The van der Waals surface area contributed by atoms with E-state index >= 15 is 0 Å². The molecule has 0 radical (unpaired) electrons. The highest BCUT2D eigenvalue weighted by molar-refractivity contribution is 5.91. The molecule has 1 amide bonds. The SMILES string of the molecule is O=C(O)CCCCCCN1C(=O)CC[C@H]1/C=C/C(=O)Cc1ccccc1. The second-order valence-corrected chi connectivity index (χ2v) is 6.74. The lowest BCUT2D eigenvalue weighted by molar-refractivity contribution is -0.137. The summed E-state index contributed by atoms with van der Waals surface area (Å²) >= 11 is 0. The van der Waals surface area contributed by atoms with Gasteiger partial charge in [-0.05, 0) is 30.9 Å². The first-order valence-corrected chi connectivity index (χ1v) is 9.32. The van der Waals surface area contributed by atoms with Crippen LogP contribution in [-0.2, 0) is 20.8 Å². The minimum absolute atomic E-state index is 0.00115. The molecule has 0 aromatic heterocycles. The summed E-state index contributed by atoms with van der Waals surface area (Å²) in [7, 11) is 0. The second kappa shape index (κ2) is 10.5. The van der Waals surface area contributed by atoms with Crippen LogP contribution in [0.5, 0.6) is 0 Å². The van der Waals surface area contributed by atoms with Crippen molar-refractivity contribution < 1.29 is 19.5 Å². The van der Waals surface area contributed by atoms with Gasteiger partial charge in [0.05, 0.1) is 6.04 Å². The van der Waals surface area contributed by atoms with E-state index in [2.05, 4.69) is 0 Å². The van der Waals surface area contributed by atoms with Crippen molar-refractivity contribution in [3.63, 3.8) is 0 Å². The number of carbonyl (C=O) groups excluding carboxylic acids is 2. The quantitative estimate of drug-likeness (QED) is 0.487. The molecule has 0 unspecified atom stereocenters. The molecule has 26 heavy (non-hydrogen) atoms. The Morgan fingerprint density at radius 1 is 1.12 bits per heavy atom. The Labute approximate surface area is 154 Å². The van der Waals surface area contributed by atoms with Gasteiger partial charge in [0.15, 0.2) is 5.78 Å². The molecule has 0 bridgehead atoms. The third-order valence-electron chi connectivity index (χ3n) is 4.64. The predicted molar refractivity (Wildman–Crippen MR) is 99.7 cm³/mol. The van der Waals surface area contributed by atoms with Crippen molar-refractivity contribution in [3.05, 3.63) is 48.0 Å². The monoisotopic (exact) mass is 357 g/mol. The standard InChI is InChI=1S/C21H27NO4/c23-19(16-17-8-4-3-5-9-17)13-11-18-12-14-20(24)22(18)15-7-2-1-6-10-21(25)26/h3-5,8-9,11,13,18H,1-2,6-7,10,12,14-16H2,(H,25,26)/b13-11+/t18-/m1/s1. The van der Waals surface area contributed by atoms with Gasteiger partial charge in [-0.2, -0.15) is 0 Å². The summed E-state index contributed by atoms with van der Waals surface area (Å²) in [5.41, 5.74) is 0.989. The molecule has 2 rings (SSSR count). The first-order valence-electron chi connectivity index (χ1n) is 9.32. The Morgan fingerprint density at radius 3 is 2.58 bits per heavy atom. The topological polar surface area (TPSA) is 74.7 Å². The number of allylic oxidation sites excluding steroid dienone is 1. The number of unbranched alkanes of at least 4 members (excludes halogenated alkanes) is 3. The van der Waals surface area contributed by atoms with Crippen LogP contribution in [0.25, 0.3) is 0 Å². The second-order valence-electron chi connectivity index (χ2n) is 6.74. The van der Waals surface area contributed by atoms with Crippen molar-refractivity contribution >= 4 is 17.7 Å². The summed E-state index contributed by atoms with van der Waals surface area (Å²) in [6, 6.07) is 9.62. The molecule has 1 saturated heterocycles. The number of ketones is 1. The molecule has 1 aliphatic rings. The Hall–Kier alpha value is -2.43. The van der Waals surface area contributed by atoms with E-state index in [4.69, 9.17) is 5.11 Å².